The molecule has 0 unspecified atom stereocenters. The maximum absolute atomic E-state index is 4.56. The van der Waals surface area contributed by atoms with Crippen LogP contribution in [-0.2, 0) is 0 Å². The van der Waals surface area contributed by atoms with Gasteiger partial charge in [0.25, 0.3) is 0 Å². The van der Waals surface area contributed by atoms with Crippen LogP contribution in [0.3, 0.4) is 0 Å². The zero-order valence-corrected chi connectivity index (χ0v) is 13.2. The third-order valence-electron chi connectivity index (χ3n) is 3.09. The lowest BCUT2D eigenvalue weighted by Crippen LogP contribution is -2.02. The molecule has 2 rings (SSSR count). The molecule has 106 valence electrons. The number of aromatic nitrogens is 3. The Labute approximate surface area is 124 Å². The van der Waals surface area contributed by atoms with Crippen molar-refractivity contribution in [3.05, 3.63) is 35.2 Å². The molecule has 1 N–H and O–H groups in total. The Hall–Kier alpha value is -1.62. The molecule has 2 aromatic heterocycles. The molecule has 20 heavy (non-hydrogen) atoms. The average Bonchev–Trinajstić information content (AvgIpc) is 2.43. The maximum Gasteiger partial charge on any atom is 0.194 e. The summed E-state index contributed by atoms with van der Waals surface area (Å²) >= 11 is 1.50. The van der Waals surface area contributed by atoms with Gasteiger partial charge in [-0.25, -0.2) is 15.0 Å². The smallest absolute Gasteiger partial charge is 0.194 e. The number of anilines is 1. The van der Waals surface area contributed by atoms with E-state index < -0.39 is 0 Å². The molecule has 0 aliphatic heterocycles. The van der Waals surface area contributed by atoms with Gasteiger partial charge in [-0.2, -0.15) is 0 Å². The van der Waals surface area contributed by atoms with Gasteiger partial charge in [0.05, 0.1) is 0 Å². The lowest BCUT2D eigenvalue weighted by Gasteiger charge is -2.08. The molecule has 0 aliphatic rings. The van der Waals surface area contributed by atoms with Crippen LogP contribution in [-0.4, -0.2) is 21.5 Å². The molecular formula is C15H20N4S. The highest BCUT2D eigenvalue weighted by atomic mass is 32.2. The van der Waals surface area contributed by atoms with Crippen LogP contribution < -0.4 is 5.32 Å². The van der Waals surface area contributed by atoms with Gasteiger partial charge < -0.3 is 5.32 Å². The first-order valence-corrected chi connectivity index (χ1v) is 7.62. The molecule has 2 heterocycles. The number of aryl methyl sites for hydroxylation is 2. The average molecular weight is 288 g/mol. The van der Waals surface area contributed by atoms with E-state index >= 15 is 0 Å². The molecular weight excluding hydrogens is 268 g/mol. The molecule has 0 fully saturated rings. The maximum atomic E-state index is 4.56. The summed E-state index contributed by atoms with van der Waals surface area (Å²) in [6.45, 7) is 9.14. The zero-order chi connectivity index (χ0) is 14.5. The van der Waals surface area contributed by atoms with Gasteiger partial charge in [0, 0.05) is 17.9 Å². The van der Waals surface area contributed by atoms with Gasteiger partial charge in [-0.15, -0.1) is 0 Å². The number of hydrogen-bond acceptors (Lipinski definition) is 5. The van der Waals surface area contributed by atoms with Gasteiger partial charge in [0.15, 0.2) is 5.16 Å². The van der Waals surface area contributed by atoms with E-state index in [1.165, 1.54) is 11.8 Å². The van der Waals surface area contributed by atoms with Crippen LogP contribution in [0.15, 0.2) is 28.4 Å². The lowest BCUT2D eigenvalue weighted by atomic mass is 10.2. The minimum absolute atomic E-state index is 0.755. The van der Waals surface area contributed by atoms with Crippen LogP contribution in [0, 0.1) is 20.8 Å². The van der Waals surface area contributed by atoms with Gasteiger partial charge >= 0.3 is 0 Å². The van der Waals surface area contributed by atoms with Crippen molar-refractivity contribution in [1.29, 1.82) is 0 Å². The highest BCUT2D eigenvalue weighted by Gasteiger charge is 2.07. The largest absolute Gasteiger partial charge is 0.370 e. The van der Waals surface area contributed by atoms with Gasteiger partial charge in [-0.1, -0.05) is 13.0 Å². The second kappa shape index (κ2) is 6.70. The summed E-state index contributed by atoms with van der Waals surface area (Å²) in [5, 5.41) is 4.95. The third-order valence-corrected chi connectivity index (χ3v) is 3.89. The Kier molecular flexibility index (Phi) is 4.95. The first-order chi connectivity index (χ1) is 9.60. The van der Waals surface area contributed by atoms with E-state index in [9.17, 15) is 0 Å². The quantitative estimate of drug-likeness (QED) is 0.849. The molecule has 0 atom stereocenters. The Morgan fingerprint density at radius 3 is 2.40 bits per heavy atom. The summed E-state index contributed by atoms with van der Waals surface area (Å²) in [6, 6.07) is 5.96. The van der Waals surface area contributed by atoms with Crippen molar-refractivity contribution >= 4 is 17.6 Å². The number of rotatable bonds is 5. The minimum atomic E-state index is 0.755. The fraction of sp³-hybridized carbons (Fsp3) is 0.400. The van der Waals surface area contributed by atoms with Crippen LogP contribution >= 0.6 is 11.8 Å². The summed E-state index contributed by atoms with van der Waals surface area (Å²) in [6.07, 6.45) is 1.08. The van der Waals surface area contributed by atoms with Crippen molar-refractivity contribution in [2.45, 2.75) is 44.3 Å². The van der Waals surface area contributed by atoms with Crippen molar-refractivity contribution in [2.75, 3.05) is 11.9 Å². The SMILES string of the molecule is CCCNc1cccc(Sc2nc(C)c(C)c(C)n2)n1. The summed E-state index contributed by atoms with van der Waals surface area (Å²) in [4.78, 5) is 13.6. The lowest BCUT2D eigenvalue weighted by molar-refractivity contribution is 0.878. The number of hydrogen-bond donors (Lipinski definition) is 1. The molecule has 2 aromatic rings. The van der Waals surface area contributed by atoms with Gasteiger partial charge in [-0.3, -0.25) is 0 Å². The molecule has 0 saturated heterocycles. The second-order valence-corrected chi connectivity index (χ2v) is 5.68. The summed E-state index contributed by atoms with van der Waals surface area (Å²) in [5.41, 5.74) is 3.21. The molecule has 0 aromatic carbocycles. The Morgan fingerprint density at radius 2 is 1.75 bits per heavy atom. The van der Waals surface area contributed by atoms with E-state index in [0.29, 0.717) is 0 Å². The summed E-state index contributed by atoms with van der Waals surface area (Å²) in [5.74, 6) is 0.900. The second-order valence-electron chi connectivity index (χ2n) is 4.69. The van der Waals surface area contributed by atoms with Crippen molar-refractivity contribution < 1.29 is 0 Å². The van der Waals surface area contributed by atoms with Crippen molar-refractivity contribution in [2.24, 2.45) is 0 Å². The molecule has 0 amide bonds. The van der Waals surface area contributed by atoms with E-state index in [0.717, 1.165) is 45.9 Å². The van der Waals surface area contributed by atoms with E-state index in [1.54, 1.807) is 0 Å². The Morgan fingerprint density at radius 1 is 1.05 bits per heavy atom. The minimum Gasteiger partial charge on any atom is -0.370 e. The monoisotopic (exact) mass is 288 g/mol. The Bertz CT molecular complexity index is 575. The van der Waals surface area contributed by atoms with Crippen molar-refractivity contribution in [3.8, 4) is 0 Å². The molecule has 0 saturated carbocycles. The summed E-state index contributed by atoms with van der Waals surface area (Å²) in [7, 11) is 0. The predicted molar refractivity (Wildman–Crippen MR) is 83.4 cm³/mol. The van der Waals surface area contributed by atoms with E-state index in [-0.39, 0.29) is 0 Å². The zero-order valence-electron chi connectivity index (χ0n) is 12.4. The van der Waals surface area contributed by atoms with Gasteiger partial charge in [0.1, 0.15) is 10.8 Å². The van der Waals surface area contributed by atoms with Crippen LogP contribution in [0.2, 0.25) is 0 Å². The van der Waals surface area contributed by atoms with Crippen LogP contribution in [0.4, 0.5) is 5.82 Å². The van der Waals surface area contributed by atoms with Crippen LogP contribution in [0.1, 0.15) is 30.3 Å². The predicted octanol–water partition coefficient (Wildman–Crippen LogP) is 3.77. The Balaban J connectivity index is 2.17. The molecule has 0 bridgehead atoms. The number of nitrogens with zero attached hydrogens (tertiary/aromatic N) is 3. The fourth-order valence-corrected chi connectivity index (χ4v) is 2.55. The topological polar surface area (TPSA) is 50.7 Å². The van der Waals surface area contributed by atoms with Crippen molar-refractivity contribution in [1.82, 2.24) is 15.0 Å². The van der Waals surface area contributed by atoms with Gasteiger partial charge in [-0.05, 0) is 56.7 Å². The van der Waals surface area contributed by atoms with E-state index in [2.05, 4.69) is 27.2 Å². The number of nitrogens with one attached hydrogen (secondary N) is 1. The highest BCUT2D eigenvalue weighted by molar-refractivity contribution is 7.99. The molecule has 0 radical (unpaired) electrons. The fourth-order valence-electron chi connectivity index (χ4n) is 1.70. The molecule has 5 heteroatoms. The van der Waals surface area contributed by atoms with Crippen LogP contribution in [0.25, 0.3) is 0 Å². The molecule has 4 nitrogen and oxygen atoms in total. The van der Waals surface area contributed by atoms with E-state index in [1.807, 2.05) is 39.0 Å². The highest BCUT2D eigenvalue weighted by Crippen LogP contribution is 2.25. The van der Waals surface area contributed by atoms with Gasteiger partial charge in [0.2, 0.25) is 0 Å². The van der Waals surface area contributed by atoms with Crippen LogP contribution in [0.5, 0.6) is 0 Å². The standard InChI is InChI=1S/C15H20N4S/c1-5-9-16-13-7-6-8-14(19-13)20-15-17-11(3)10(2)12(4)18-15/h6-8H,5,9H2,1-4H3,(H,16,19). The van der Waals surface area contributed by atoms with E-state index in [4.69, 9.17) is 0 Å². The van der Waals surface area contributed by atoms with Crippen molar-refractivity contribution in [3.63, 3.8) is 0 Å². The first kappa shape index (κ1) is 14.8. The number of pyridine rings is 1. The molecule has 0 spiro atoms. The third kappa shape index (κ3) is 3.70. The first-order valence-electron chi connectivity index (χ1n) is 6.80. The summed E-state index contributed by atoms with van der Waals surface area (Å²) < 4.78 is 0. The normalized spacial score (nSPS) is 10.6. The molecule has 0 aliphatic carbocycles.